The monoisotopic (exact) mass is 254 g/mol. The van der Waals surface area contributed by atoms with Crippen molar-refractivity contribution >= 4 is 0 Å². The van der Waals surface area contributed by atoms with Crippen LogP contribution in [-0.2, 0) is 0 Å². The fourth-order valence-corrected chi connectivity index (χ4v) is 3.14. The van der Waals surface area contributed by atoms with Crippen LogP contribution in [-0.4, -0.2) is 36.6 Å². The number of terminal acetylenes is 1. The van der Waals surface area contributed by atoms with Gasteiger partial charge in [0.1, 0.15) is 0 Å². The molecule has 2 fully saturated rings. The van der Waals surface area contributed by atoms with Gasteiger partial charge in [-0.3, -0.25) is 4.90 Å². The van der Waals surface area contributed by atoms with Gasteiger partial charge in [-0.1, -0.05) is 36.3 Å². The summed E-state index contributed by atoms with van der Waals surface area (Å²) in [4.78, 5) is 2.37. The quantitative estimate of drug-likeness (QED) is 0.829. The highest BCUT2D eigenvalue weighted by Gasteiger charge is 2.39. The molecule has 1 saturated heterocycles. The van der Waals surface area contributed by atoms with E-state index in [1.165, 1.54) is 24.8 Å². The van der Waals surface area contributed by atoms with E-state index >= 15 is 0 Å². The fourth-order valence-electron chi connectivity index (χ4n) is 3.14. The predicted molar refractivity (Wildman–Crippen MR) is 79.0 cm³/mol. The first-order valence-electron chi connectivity index (χ1n) is 7.33. The van der Waals surface area contributed by atoms with Crippen molar-refractivity contribution in [3.63, 3.8) is 0 Å². The summed E-state index contributed by atoms with van der Waals surface area (Å²) in [5.74, 6) is 3.48. The Morgan fingerprint density at radius 3 is 2.63 bits per heavy atom. The second-order valence-corrected chi connectivity index (χ2v) is 5.78. The van der Waals surface area contributed by atoms with Gasteiger partial charge in [0.25, 0.3) is 0 Å². The van der Waals surface area contributed by atoms with Crippen LogP contribution >= 0.6 is 0 Å². The van der Waals surface area contributed by atoms with Crippen LogP contribution in [0.25, 0.3) is 0 Å². The van der Waals surface area contributed by atoms with Crippen LogP contribution in [0.4, 0.5) is 0 Å². The van der Waals surface area contributed by atoms with E-state index < -0.39 is 0 Å². The van der Waals surface area contributed by atoms with Crippen LogP contribution in [0.5, 0.6) is 0 Å². The number of nitrogens with zero attached hydrogens (tertiary/aromatic N) is 1. The Labute approximate surface area is 116 Å². The normalized spacial score (nSPS) is 27.9. The molecule has 2 atom stereocenters. The third kappa shape index (κ3) is 3.18. The average Bonchev–Trinajstić information content (AvgIpc) is 3.22. The van der Waals surface area contributed by atoms with E-state index in [-0.39, 0.29) is 0 Å². The minimum Gasteiger partial charge on any atom is -0.311 e. The van der Waals surface area contributed by atoms with Crippen molar-refractivity contribution in [3.8, 4) is 12.3 Å². The Morgan fingerprint density at radius 2 is 1.95 bits per heavy atom. The number of nitrogens with one attached hydrogen (secondary N) is 1. The Bertz CT molecular complexity index is 440. The van der Waals surface area contributed by atoms with E-state index in [4.69, 9.17) is 6.42 Å². The summed E-state index contributed by atoms with van der Waals surface area (Å²) >= 11 is 0. The molecule has 2 aliphatic rings. The smallest absolute Gasteiger partial charge is 0.0598 e. The van der Waals surface area contributed by atoms with Crippen molar-refractivity contribution in [1.29, 1.82) is 0 Å². The lowest BCUT2D eigenvalue weighted by Crippen LogP contribution is -2.43. The molecule has 0 amide bonds. The molecule has 1 aromatic carbocycles. The zero-order valence-corrected chi connectivity index (χ0v) is 11.4. The first-order chi connectivity index (χ1) is 9.36. The summed E-state index contributed by atoms with van der Waals surface area (Å²) in [5, 5.41) is 3.83. The van der Waals surface area contributed by atoms with Gasteiger partial charge in [0.15, 0.2) is 0 Å². The first-order valence-corrected chi connectivity index (χ1v) is 7.33. The maximum atomic E-state index is 5.36. The van der Waals surface area contributed by atoms with Gasteiger partial charge >= 0.3 is 0 Å². The van der Waals surface area contributed by atoms with Gasteiger partial charge in [0.05, 0.1) is 6.54 Å². The van der Waals surface area contributed by atoms with E-state index in [0.29, 0.717) is 12.1 Å². The topological polar surface area (TPSA) is 15.3 Å². The Balaban J connectivity index is 1.44. The van der Waals surface area contributed by atoms with Gasteiger partial charge < -0.3 is 5.32 Å². The largest absolute Gasteiger partial charge is 0.311 e. The first kappa shape index (κ1) is 12.7. The minimum atomic E-state index is 0.688. The standard InChI is InChI=1S/C17H22N2/c1-2-10-19-11-8-15(9-12-19)18-17-13-16(17)14-6-4-3-5-7-14/h1,3-7,15-18H,8-13H2. The lowest BCUT2D eigenvalue weighted by atomic mass is 10.0. The fraction of sp³-hybridized carbons (Fsp3) is 0.529. The van der Waals surface area contributed by atoms with Crippen LogP contribution in [0.1, 0.15) is 30.7 Å². The number of likely N-dealkylation sites (tertiary alicyclic amines) is 1. The Hall–Kier alpha value is -1.30. The van der Waals surface area contributed by atoms with Crippen LogP contribution < -0.4 is 5.32 Å². The van der Waals surface area contributed by atoms with Crippen molar-refractivity contribution in [2.24, 2.45) is 0 Å². The minimum absolute atomic E-state index is 0.688. The summed E-state index contributed by atoms with van der Waals surface area (Å²) < 4.78 is 0. The van der Waals surface area contributed by atoms with Crippen molar-refractivity contribution in [3.05, 3.63) is 35.9 Å². The van der Waals surface area contributed by atoms with Crippen molar-refractivity contribution in [1.82, 2.24) is 10.2 Å². The second kappa shape index (κ2) is 5.77. The van der Waals surface area contributed by atoms with Crippen molar-refractivity contribution in [2.45, 2.75) is 37.3 Å². The predicted octanol–water partition coefficient (Wildman–Crippen LogP) is 2.23. The van der Waals surface area contributed by atoms with Crippen molar-refractivity contribution < 1.29 is 0 Å². The van der Waals surface area contributed by atoms with E-state index in [1.54, 1.807) is 0 Å². The molecule has 19 heavy (non-hydrogen) atoms. The number of rotatable bonds is 4. The number of hydrogen-bond acceptors (Lipinski definition) is 2. The second-order valence-electron chi connectivity index (χ2n) is 5.78. The van der Waals surface area contributed by atoms with E-state index in [0.717, 1.165) is 25.6 Å². The van der Waals surface area contributed by atoms with Gasteiger partial charge in [-0.15, -0.1) is 6.42 Å². The highest BCUT2D eigenvalue weighted by atomic mass is 15.1. The van der Waals surface area contributed by atoms with Crippen LogP contribution in [0.2, 0.25) is 0 Å². The van der Waals surface area contributed by atoms with E-state index in [9.17, 15) is 0 Å². The molecular formula is C17H22N2. The molecule has 1 N–H and O–H groups in total. The molecule has 1 aliphatic heterocycles. The number of hydrogen-bond donors (Lipinski definition) is 1. The van der Waals surface area contributed by atoms with Gasteiger partial charge in [-0.25, -0.2) is 0 Å². The highest BCUT2D eigenvalue weighted by molar-refractivity contribution is 5.27. The average molecular weight is 254 g/mol. The molecule has 0 spiro atoms. The molecule has 0 bridgehead atoms. The molecule has 1 aliphatic carbocycles. The molecule has 3 rings (SSSR count). The third-order valence-electron chi connectivity index (χ3n) is 4.37. The van der Waals surface area contributed by atoms with Crippen LogP contribution in [0.3, 0.4) is 0 Å². The molecule has 1 heterocycles. The van der Waals surface area contributed by atoms with Crippen molar-refractivity contribution in [2.75, 3.05) is 19.6 Å². The van der Waals surface area contributed by atoms with Crippen LogP contribution in [0, 0.1) is 12.3 Å². The summed E-state index contributed by atoms with van der Waals surface area (Å²) in [6.07, 6.45) is 9.13. The van der Waals surface area contributed by atoms with E-state index in [1.807, 2.05) is 0 Å². The summed E-state index contributed by atoms with van der Waals surface area (Å²) in [6.45, 7) is 3.10. The highest BCUT2D eigenvalue weighted by Crippen LogP contribution is 2.41. The SMILES string of the molecule is C#CCN1CCC(NC2CC2c2ccccc2)CC1. The van der Waals surface area contributed by atoms with Gasteiger partial charge in [-0.2, -0.15) is 0 Å². The summed E-state index contributed by atoms with van der Waals surface area (Å²) in [7, 11) is 0. The summed E-state index contributed by atoms with van der Waals surface area (Å²) in [6, 6.07) is 12.3. The zero-order chi connectivity index (χ0) is 13.1. The number of benzene rings is 1. The Kier molecular flexibility index (Phi) is 3.87. The molecule has 1 aromatic rings. The molecule has 0 aromatic heterocycles. The molecule has 2 heteroatoms. The molecular weight excluding hydrogens is 232 g/mol. The van der Waals surface area contributed by atoms with Crippen LogP contribution in [0.15, 0.2) is 30.3 Å². The maximum Gasteiger partial charge on any atom is 0.0598 e. The van der Waals surface area contributed by atoms with Gasteiger partial charge in [0, 0.05) is 31.1 Å². The zero-order valence-electron chi connectivity index (χ0n) is 11.4. The lowest BCUT2D eigenvalue weighted by molar-refractivity contribution is 0.217. The third-order valence-corrected chi connectivity index (χ3v) is 4.37. The molecule has 1 saturated carbocycles. The lowest BCUT2D eigenvalue weighted by Gasteiger charge is -2.31. The maximum absolute atomic E-state index is 5.36. The number of piperidine rings is 1. The van der Waals surface area contributed by atoms with Gasteiger partial charge in [0.2, 0.25) is 0 Å². The molecule has 2 unspecified atom stereocenters. The molecule has 2 nitrogen and oxygen atoms in total. The molecule has 100 valence electrons. The van der Waals surface area contributed by atoms with Gasteiger partial charge in [-0.05, 0) is 24.8 Å². The van der Waals surface area contributed by atoms with E-state index in [2.05, 4.69) is 46.5 Å². The summed E-state index contributed by atoms with van der Waals surface area (Å²) in [5.41, 5.74) is 1.49. The molecule has 0 radical (unpaired) electrons. The Morgan fingerprint density at radius 1 is 1.21 bits per heavy atom.